The Kier molecular flexibility index (Phi) is 4.55. The van der Waals surface area contributed by atoms with Crippen LogP contribution in [0.2, 0.25) is 0 Å². The minimum Gasteiger partial charge on any atom is -0.385 e. The summed E-state index contributed by atoms with van der Waals surface area (Å²) in [4.78, 5) is 2.48. The van der Waals surface area contributed by atoms with Crippen molar-refractivity contribution in [3.05, 3.63) is 34.4 Å². The van der Waals surface area contributed by atoms with Gasteiger partial charge in [0.2, 0.25) is 0 Å². The van der Waals surface area contributed by atoms with Crippen LogP contribution in [0.5, 0.6) is 0 Å². The number of hydrogen-bond acceptors (Lipinski definition) is 2. The summed E-state index contributed by atoms with van der Waals surface area (Å²) in [6, 6.07) is 4.84. The predicted octanol–water partition coefficient (Wildman–Crippen LogP) is 3.65. The van der Waals surface area contributed by atoms with E-state index in [1.807, 2.05) is 21.0 Å². The molecule has 1 aliphatic carbocycles. The van der Waals surface area contributed by atoms with Crippen LogP contribution in [0.25, 0.3) is 0 Å². The largest absolute Gasteiger partial charge is 0.385 e. The van der Waals surface area contributed by atoms with Crippen LogP contribution in [0.4, 0.5) is 0 Å². The molecule has 0 amide bonds. The summed E-state index contributed by atoms with van der Waals surface area (Å²) in [5, 5.41) is 0. The predicted molar refractivity (Wildman–Crippen MR) is 85.7 cm³/mol. The van der Waals surface area contributed by atoms with Crippen molar-refractivity contribution in [2.24, 2.45) is 0 Å². The van der Waals surface area contributed by atoms with Crippen molar-refractivity contribution in [2.45, 2.75) is 45.4 Å². The van der Waals surface area contributed by atoms with Gasteiger partial charge in [-0.3, -0.25) is 0 Å². The minimum atomic E-state index is 0.374. The van der Waals surface area contributed by atoms with Crippen LogP contribution < -0.4 is 0 Å². The van der Waals surface area contributed by atoms with E-state index in [0.717, 1.165) is 18.9 Å². The van der Waals surface area contributed by atoms with Gasteiger partial charge in [0, 0.05) is 38.1 Å². The molecule has 1 saturated heterocycles. The van der Waals surface area contributed by atoms with Crippen LogP contribution >= 0.6 is 0 Å². The lowest BCUT2D eigenvalue weighted by Gasteiger charge is -2.47. The molecule has 3 rings (SSSR count). The van der Waals surface area contributed by atoms with Crippen LogP contribution in [0, 0.1) is 13.8 Å². The standard InChI is InChI=1S/C16H23NO.C2H6/c1-11-7-13-14(8-12(11)2)16(5-6-18-4)10-17(3)9-15(13)16;1-2/h7-8,15H,5-6,9-10H2,1-4H3;1-2H3. The third-order valence-electron chi connectivity index (χ3n) is 5.04. The average molecular weight is 275 g/mol. The number of rotatable bonds is 3. The van der Waals surface area contributed by atoms with E-state index in [0.29, 0.717) is 5.41 Å². The molecule has 0 bridgehead atoms. The van der Waals surface area contributed by atoms with Crippen molar-refractivity contribution in [2.75, 3.05) is 33.9 Å². The first-order valence-electron chi connectivity index (χ1n) is 7.87. The molecule has 2 atom stereocenters. The third-order valence-corrected chi connectivity index (χ3v) is 5.04. The summed E-state index contributed by atoms with van der Waals surface area (Å²) in [5.74, 6) is 0.729. The highest BCUT2D eigenvalue weighted by atomic mass is 16.5. The Hall–Kier alpha value is -0.860. The Morgan fingerprint density at radius 1 is 1.25 bits per heavy atom. The second-order valence-electron chi connectivity index (χ2n) is 6.17. The van der Waals surface area contributed by atoms with Gasteiger partial charge >= 0.3 is 0 Å². The first-order chi connectivity index (χ1) is 9.58. The lowest BCUT2D eigenvalue weighted by atomic mass is 9.56. The molecule has 0 N–H and O–H groups in total. The molecule has 112 valence electrons. The number of fused-ring (bicyclic) bond motifs is 4. The molecule has 2 nitrogen and oxygen atoms in total. The zero-order valence-corrected chi connectivity index (χ0v) is 13.9. The van der Waals surface area contributed by atoms with Gasteiger partial charge in [-0.2, -0.15) is 0 Å². The first-order valence-corrected chi connectivity index (χ1v) is 7.87. The molecule has 2 aliphatic rings. The zero-order valence-electron chi connectivity index (χ0n) is 13.9. The summed E-state index contributed by atoms with van der Waals surface area (Å²) < 4.78 is 5.34. The number of aryl methyl sites for hydroxylation is 2. The second-order valence-corrected chi connectivity index (χ2v) is 6.17. The number of likely N-dealkylation sites (tertiary alicyclic amines) is 1. The molecule has 1 aliphatic heterocycles. The van der Waals surface area contributed by atoms with Crippen LogP contribution in [0.15, 0.2) is 12.1 Å². The number of methoxy groups -OCH3 is 1. The second kappa shape index (κ2) is 5.87. The van der Waals surface area contributed by atoms with Gasteiger partial charge in [-0.05, 0) is 49.6 Å². The molecule has 2 unspecified atom stereocenters. The van der Waals surface area contributed by atoms with Crippen molar-refractivity contribution in [3.8, 4) is 0 Å². The molecule has 2 heteroatoms. The monoisotopic (exact) mass is 275 g/mol. The highest BCUT2D eigenvalue weighted by Crippen LogP contribution is 2.58. The van der Waals surface area contributed by atoms with Crippen LogP contribution in [-0.4, -0.2) is 38.8 Å². The van der Waals surface area contributed by atoms with E-state index in [1.54, 1.807) is 11.1 Å². The van der Waals surface area contributed by atoms with E-state index >= 15 is 0 Å². The average Bonchev–Trinajstić information content (AvgIpc) is 2.75. The molecule has 20 heavy (non-hydrogen) atoms. The summed E-state index contributed by atoms with van der Waals surface area (Å²) in [7, 11) is 4.05. The Morgan fingerprint density at radius 2 is 1.90 bits per heavy atom. The zero-order chi connectivity index (χ0) is 14.9. The summed E-state index contributed by atoms with van der Waals surface area (Å²) in [6.45, 7) is 11.7. The maximum absolute atomic E-state index is 5.34. The Balaban J connectivity index is 0.000000704. The maximum atomic E-state index is 5.34. The number of benzene rings is 1. The molecule has 1 aromatic carbocycles. The quantitative estimate of drug-likeness (QED) is 0.835. The smallest absolute Gasteiger partial charge is 0.0471 e. The van der Waals surface area contributed by atoms with E-state index in [9.17, 15) is 0 Å². The van der Waals surface area contributed by atoms with Crippen molar-refractivity contribution < 1.29 is 4.74 Å². The molecular weight excluding hydrogens is 246 g/mol. The number of ether oxygens (including phenoxy) is 1. The number of hydrogen-bond donors (Lipinski definition) is 0. The van der Waals surface area contributed by atoms with Crippen LogP contribution in [0.1, 0.15) is 48.4 Å². The maximum Gasteiger partial charge on any atom is 0.0471 e. The third kappa shape index (κ3) is 2.19. The molecule has 0 radical (unpaired) electrons. The lowest BCUT2D eigenvalue weighted by molar-refractivity contribution is 0.155. The van der Waals surface area contributed by atoms with Gasteiger partial charge in [-0.25, -0.2) is 0 Å². The minimum absolute atomic E-state index is 0.374. The lowest BCUT2D eigenvalue weighted by Crippen LogP contribution is -2.44. The van der Waals surface area contributed by atoms with E-state index in [-0.39, 0.29) is 0 Å². The Morgan fingerprint density at radius 3 is 2.55 bits per heavy atom. The fourth-order valence-corrected chi connectivity index (χ4v) is 3.96. The van der Waals surface area contributed by atoms with Gasteiger partial charge in [0.25, 0.3) is 0 Å². The Bertz CT molecular complexity index is 483. The molecular formula is C18H29NO. The number of nitrogens with zero attached hydrogens (tertiary/aromatic N) is 1. The SMILES string of the molecule is CC.COCCC12CN(C)CC1c1cc(C)c(C)cc12. The van der Waals surface area contributed by atoms with Crippen molar-refractivity contribution in [3.63, 3.8) is 0 Å². The van der Waals surface area contributed by atoms with Crippen molar-refractivity contribution in [1.82, 2.24) is 4.90 Å². The molecule has 1 heterocycles. The summed E-state index contributed by atoms with van der Waals surface area (Å²) in [5.41, 5.74) is 6.43. The highest BCUT2D eigenvalue weighted by molar-refractivity contribution is 5.55. The molecule has 0 saturated carbocycles. The van der Waals surface area contributed by atoms with Gasteiger partial charge < -0.3 is 9.64 Å². The van der Waals surface area contributed by atoms with Gasteiger partial charge in [0.15, 0.2) is 0 Å². The molecule has 0 aromatic heterocycles. The number of likely N-dealkylation sites (N-methyl/N-ethyl adjacent to an activating group) is 1. The van der Waals surface area contributed by atoms with E-state index < -0.39 is 0 Å². The fourth-order valence-electron chi connectivity index (χ4n) is 3.96. The van der Waals surface area contributed by atoms with Gasteiger partial charge in [0.05, 0.1) is 0 Å². The molecule has 0 spiro atoms. The molecule has 1 fully saturated rings. The van der Waals surface area contributed by atoms with Gasteiger partial charge in [-0.1, -0.05) is 26.0 Å². The fraction of sp³-hybridized carbons (Fsp3) is 0.667. The van der Waals surface area contributed by atoms with E-state index in [1.165, 1.54) is 24.2 Å². The van der Waals surface area contributed by atoms with Gasteiger partial charge in [0.1, 0.15) is 0 Å². The van der Waals surface area contributed by atoms with Crippen molar-refractivity contribution >= 4 is 0 Å². The van der Waals surface area contributed by atoms with Crippen LogP contribution in [0.3, 0.4) is 0 Å². The Labute approximate surface area is 124 Å². The normalized spacial score (nSPS) is 27.2. The van der Waals surface area contributed by atoms with Crippen LogP contribution in [-0.2, 0) is 10.2 Å². The summed E-state index contributed by atoms with van der Waals surface area (Å²) in [6.07, 6.45) is 1.16. The van der Waals surface area contributed by atoms with Gasteiger partial charge in [-0.15, -0.1) is 0 Å². The highest BCUT2D eigenvalue weighted by Gasteiger charge is 2.55. The topological polar surface area (TPSA) is 12.5 Å². The van der Waals surface area contributed by atoms with Crippen molar-refractivity contribution in [1.29, 1.82) is 0 Å². The van der Waals surface area contributed by atoms with E-state index in [2.05, 4.69) is 37.9 Å². The molecule has 1 aromatic rings. The van der Waals surface area contributed by atoms with E-state index in [4.69, 9.17) is 4.74 Å². The summed E-state index contributed by atoms with van der Waals surface area (Å²) >= 11 is 0. The first kappa shape index (κ1) is 15.5.